The van der Waals surface area contributed by atoms with Crippen LogP contribution in [0.2, 0.25) is 0 Å². The summed E-state index contributed by atoms with van der Waals surface area (Å²) in [7, 11) is 0. The zero-order chi connectivity index (χ0) is 11.5. The summed E-state index contributed by atoms with van der Waals surface area (Å²) in [4.78, 5) is 0. The molecule has 0 bridgehead atoms. The predicted molar refractivity (Wildman–Crippen MR) is 54.2 cm³/mol. The summed E-state index contributed by atoms with van der Waals surface area (Å²) in [5.74, 6) is -0.243. The fourth-order valence-corrected chi connectivity index (χ4v) is 1.58. The van der Waals surface area contributed by atoms with Gasteiger partial charge in [-0.05, 0) is 30.5 Å². The van der Waals surface area contributed by atoms with E-state index in [-0.39, 0.29) is 5.75 Å². The van der Waals surface area contributed by atoms with Gasteiger partial charge in [0, 0.05) is 11.4 Å². The summed E-state index contributed by atoms with van der Waals surface area (Å²) < 4.78 is 39.9. The van der Waals surface area contributed by atoms with Crippen LogP contribution in [0.1, 0.15) is 11.1 Å². The number of halogens is 4. The standard InChI is InChI=1S/C10H9BrF3O/c1-7-2-3-9(15-10(12,13)14)8(6-7)4-5-11/h2,6H,4-5H2,1H3. The van der Waals surface area contributed by atoms with Crippen LogP contribution in [0.5, 0.6) is 5.75 Å². The number of rotatable bonds is 3. The van der Waals surface area contributed by atoms with Crippen molar-refractivity contribution in [3.63, 3.8) is 0 Å². The summed E-state index contributed by atoms with van der Waals surface area (Å²) >= 11 is 3.17. The third-order valence-corrected chi connectivity index (χ3v) is 2.10. The van der Waals surface area contributed by atoms with Crippen LogP contribution in [0.15, 0.2) is 12.1 Å². The molecule has 1 aromatic carbocycles. The van der Waals surface area contributed by atoms with Gasteiger partial charge in [-0.1, -0.05) is 22.0 Å². The van der Waals surface area contributed by atoms with Crippen LogP contribution in [0.4, 0.5) is 13.2 Å². The minimum atomic E-state index is -4.66. The molecule has 0 aliphatic heterocycles. The van der Waals surface area contributed by atoms with Gasteiger partial charge in [-0.2, -0.15) is 0 Å². The highest BCUT2D eigenvalue weighted by atomic mass is 79.9. The summed E-state index contributed by atoms with van der Waals surface area (Å²) in [5.41, 5.74) is 1.37. The predicted octanol–water partition coefficient (Wildman–Crippen LogP) is 3.63. The summed E-state index contributed by atoms with van der Waals surface area (Å²) in [5, 5.41) is 0.582. The Balaban J connectivity index is 2.95. The van der Waals surface area contributed by atoms with Gasteiger partial charge in [0.25, 0.3) is 0 Å². The lowest BCUT2D eigenvalue weighted by Gasteiger charge is -2.12. The van der Waals surface area contributed by atoms with Crippen molar-refractivity contribution in [2.75, 3.05) is 5.33 Å². The van der Waals surface area contributed by atoms with E-state index in [1.54, 1.807) is 13.0 Å². The summed E-state index contributed by atoms with van der Waals surface area (Å²) in [6.45, 7) is 1.80. The van der Waals surface area contributed by atoms with Crippen LogP contribution < -0.4 is 4.74 Å². The molecule has 0 aliphatic rings. The van der Waals surface area contributed by atoms with E-state index in [0.29, 0.717) is 17.3 Å². The Bertz CT molecular complexity index is 336. The molecule has 15 heavy (non-hydrogen) atoms. The van der Waals surface area contributed by atoms with Crippen molar-refractivity contribution >= 4 is 15.9 Å². The first kappa shape index (κ1) is 12.4. The van der Waals surface area contributed by atoms with Gasteiger partial charge >= 0.3 is 6.36 Å². The molecule has 0 saturated heterocycles. The average Bonchev–Trinajstić information content (AvgIpc) is 2.08. The molecule has 0 atom stereocenters. The normalized spacial score (nSPS) is 11.5. The largest absolute Gasteiger partial charge is 0.573 e. The quantitative estimate of drug-likeness (QED) is 0.769. The van der Waals surface area contributed by atoms with Crippen molar-refractivity contribution in [1.29, 1.82) is 0 Å². The molecule has 1 aromatic rings. The highest BCUT2D eigenvalue weighted by Crippen LogP contribution is 2.27. The van der Waals surface area contributed by atoms with Gasteiger partial charge in [-0.25, -0.2) is 0 Å². The fourth-order valence-electron chi connectivity index (χ4n) is 1.15. The number of ether oxygens (including phenoxy) is 1. The van der Waals surface area contributed by atoms with Gasteiger partial charge in [-0.3, -0.25) is 0 Å². The van der Waals surface area contributed by atoms with E-state index < -0.39 is 6.36 Å². The Kier molecular flexibility index (Phi) is 4.02. The van der Waals surface area contributed by atoms with Gasteiger partial charge in [-0.15, -0.1) is 13.2 Å². The summed E-state index contributed by atoms with van der Waals surface area (Å²) in [6, 6.07) is 5.62. The Morgan fingerprint density at radius 2 is 2.13 bits per heavy atom. The van der Waals surface area contributed by atoms with E-state index in [1.807, 2.05) is 0 Å². The van der Waals surface area contributed by atoms with Crippen molar-refractivity contribution in [3.8, 4) is 5.75 Å². The van der Waals surface area contributed by atoms with Gasteiger partial charge < -0.3 is 4.74 Å². The first-order valence-electron chi connectivity index (χ1n) is 4.25. The van der Waals surface area contributed by atoms with E-state index in [2.05, 4.69) is 26.7 Å². The number of benzene rings is 1. The van der Waals surface area contributed by atoms with Crippen LogP contribution in [-0.2, 0) is 6.42 Å². The molecule has 0 heterocycles. The Hall–Kier alpha value is -0.710. The van der Waals surface area contributed by atoms with Crippen molar-refractivity contribution in [1.82, 2.24) is 0 Å². The second kappa shape index (κ2) is 4.88. The van der Waals surface area contributed by atoms with Crippen molar-refractivity contribution in [2.45, 2.75) is 19.7 Å². The third-order valence-electron chi connectivity index (χ3n) is 1.71. The smallest absolute Gasteiger partial charge is 0.405 e. The molecule has 1 radical (unpaired) electrons. The first-order chi connectivity index (χ1) is 6.92. The highest BCUT2D eigenvalue weighted by Gasteiger charge is 2.32. The van der Waals surface area contributed by atoms with Crippen LogP contribution in [0, 0.1) is 13.0 Å². The molecule has 83 valence electrons. The molecule has 5 heteroatoms. The van der Waals surface area contributed by atoms with Crippen molar-refractivity contribution in [2.24, 2.45) is 0 Å². The SMILES string of the molecule is Cc1c[c]c(OC(F)(F)F)c(CCBr)c1. The minimum absolute atomic E-state index is 0.243. The minimum Gasteiger partial charge on any atom is -0.405 e. The Morgan fingerprint density at radius 3 is 2.67 bits per heavy atom. The monoisotopic (exact) mass is 281 g/mol. The second-order valence-corrected chi connectivity index (χ2v) is 3.81. The van der Waals surface area contributed by atoms with E-state index in [1.165, 1.54) is 6.07 Å². The molecule has 0 spiro atoms. The molecular formula is C10H9BrF3O. The number of aryl methyl sites for hydroxylation is 2. The van der Waals surface area contributed by atoms with Gasteiger partial charge in [0.15, 0.2) is 0 Å². The first-order valence-corrected chi connectivity index (χ1v) is 5.37. The van der Waals surface area contributed by atoms with E-state index in [9.17, 15) is 13.2 Å². The molecule has 0 unspecified atom stereocenters. The van der Waals surface area contributed by atoms with Crippen molar-refractivity contribution < 1.29 is 17.9 Å². The second-order valence-electron chi connectivity index (χ2n) is 3.02. The maximum atomic E-state index is 12.0. The van der Waals surface area contributed by atoms with Crippen LogP contribution in [0.25, 0.3) is 0 Å². The topological polar surface area (TPSA) is 9.23 Å². The van der Waals surface area contributed by atoms with Crippen LogP contribution >= 0.6 is 15.9 Å². The van der Waals surface area contributed by atoms with Gasteiger partial charge in [0.1, 0.15) is 5.75 Å². The van der Waals surface area contributed by atoms with E-state index in [4.69, 9.17) is 0 Å². The van der Waals surface area contributed by atoms with Gasteiger partial charge in [0.2, 0.25) is 0 Å². The van der Waals surface area contributed by atoms with Crippen LogP contribution in [0.3, 0.4) is 0 Å². The molecule has 0 saturated carbocycles. The molecule has 0 aromatic heterocycles. The fraction of sp³-hybridized carbons (Fsp3) is 0.400. The summed E-state index contributed by atoms with van der Waals surface area (Å²) in [6.07, 6.45) is -4.18. The van der Waals surface area contributed by atoms with E-state index in [0.717, 1.165) is 5.56 Å². The number of hydrogen-bond donors (Lipinski definition) is 0. The molecular weight excluding hydrogens is 273 g/mol. The number of hydrogen-bond acceptors (Lipinski definition) is 1. The highest BCUT2D eigenvalue weighted by molar-refractivity contribution is 9.09. The zero-order valence-corrected chi connectivity index (χ0v) is 9.58. The zero-order valence-electron chi connectivity index (χ0n) is 7.99. The lowest BCUT2D eigenvalue weighted by molar-refractivity contribution is -0.275. The number of alkyl halides is 4. The molecule has 1 rings (SSSR count). The molecule has 1 nitrogen and oxygen atoms in total. The lowest BCUT2D eigenvalue weighted by Crippen LogP contribution is -2.18. The third kappa shape index (κ3) is 4.11. The Morgan fingerprint density at radius 1 is 1.47 bits per heavy atom. The van der Waals surface area contributed by atoms with Crippen LogP contribution in [-0.4, -0.2) is 11.7 Å². The Labute approximate surface area is 94.4 Å². The average molecular weight is 282 g/mol. The molecule has 0 amide bonds. The molecule has 0 aliphatic carbocycles. The molecule has 0 N–H and O–H groups in total. The van der Waals surface area contributed by atoms with E-state index >= 15 is 0 Å². The van der Waals surface area contributed by atoms with Crippen molar-refractivity contribution in [3.05, 3.63) is 29.3 Å². The lowest BCUT2D eigenvalue weighted by atomic mass is 10.1. The maximum Gasteiger partial charge on any atom is 0.573 e. The van der Waals surface area contributed by atoms with Gasteiger partial charge in [0.05, 0.1) is 0 Å². The maximum absolute atomic E-state index is 12.0. The molecule has 0 fully saturated rings.